The van der Waals surface area contributed by atoms with Crippen LogP contribution in [0.5, 0.6) is 0 Å². The second-order valence-corrected chi connectivity index (χ2v) is 6.14. The van der Waals surface area contributed by atoms with Gasteiger partial charge in [0, 0.05) is 0 Å². The van der Waals surface area contributed by atoms with E-state index in [-0.39, 0.29) is 0 Å². The summed E-state index contributed by atoms with van der Waals surface area (Å²) in [6, 6.07) is 0. The molecule has 12 nitrogen and oxygen atoms in total. The second-order valence-electron chi connectivity index (χ2n) is 6.14. The van der Waals surface area contributed by atoms with Gasteiger partial charge >= 0.3 is 24.6 Å². The third-order valence-electron chi connectivity index (χ3n) is 4.50. The molecule has 0 radical (unpaired) electrons. The monoisotopic (exact) mass is 374 g/mol. The molecule has 0 N–H and O–H groups in total. The summed E-state index contributed by atoms with van der Waals surface area (Å²) in [5.41, 5.74) is 0. The minimum atomic E-state index is -1.17. The molecule has 8 unspecified atom stereocenters. The Labute approximate surface area is 145 Å². The Morgan fingerprint density at radius 2 is 0.654 bits per heavy atom. The van der Waals surface area contributed by atoms with E-state index < -0.39 is 73.5 Å². The molecule has 4 aliphatic heterocycles. The van der Waals surface area contributed by atoms with Crippen LogP contribution >= 0.6 is 0 Å². The SMILES string of the molecule is CC1OC(=O)OC1C1OC(=O)OC1C1OC(=O)OC1C1OC(=O)OC1C. The fourth-order valence-corrected chi connectivity index (χ4v) is 3.36. The zero-order valence-corrected chi connectivity index (χ0v) is 13.5. The smallest absolute Gasteiger partial charge is 0.427 e. The zero-order valence-electron chi connectivity index (χ0n) is 13.5. The Bertz CT molecular complexity index is 604. The molecule has 26 heavy (non-hydrogen) atoms. The molecular weight excluding hydrogens is 360 g/mol. The quantitative estimate of drug-likeness (QED) is 0.505. The topological polar surface area (TPSA) is 142 Å². The van der Waals surface area contributed by atoms with Gasteiger partial charge in [-0.25, -0.2) is 19.2 Å². The van der Waals surface area contributed by atoms with E-state index in [0.717, 1.165) is 0 Å². The predicted octanol–water partition coefficient (Wildman–Crippen LogP) is 0.642. The lowest BCUT2D eigenvalue weighted by Crippen LogP contribution is -2.52. The molecule has 8 atom stereocenters. The minimum Gasteiger partial charge on any atom is -0.427 e. The predicted molar refractivity (Wildman–Crippen MR) is 71.9 cm³/mol. The van der Waals surface area contributed by atoms with Gasteiger partial charge in [-0.05, 0) is 13.8 Å². The molecule has 0 saturated carbocycles. The number of carbonyl (C=O) groups excluding carboxylic acids is 4. The molecule has 4 aliphatic rings. The summed E-state index contributed by atoms with van der Waals surface area (Å²) in [4.78, 5) is 46.0. The van der Waals surface area contributed by atoms with Crippen LogP contribution in [0.25, 0.3) is 0 Å². The van der Waals surface area contributed by atoms with Crippen molar-refractivity contribution in [1.82, 2.24) is 0 Å². The summed E-state index contributed by atoms with van der Waals surface area (Å²) >= 11 is 0. The standard InChI is InChI=1S/C14H14O12/c1-3-5(21-11(15)19-3)7-9(25-13(17)23-7)10-8(24-14(18)26-10)6-4(2)20-12(16)22-6/h3-10H,1-2H3. The van der Waals surface area contributed by atoms with E-state index >= 15 is 0 Å². The lowest BCUT2D eigenvalue weighted by atomic mass is 9.93. The average Bonchev–Trinajstić information content (AvgIpc) is 3.27. The van der Waals surface area contributed by atoms with Gasteiger partial charge in [-0.15, -0.1) is 0 Å². The van der Waals surface area contributed by atoms with Crippen molar-refractivity contribution in [1.29, 1.82) is 0 Å². The maximum absolute atomic E-state index is 11.7. The van der Waals surface area contributed by atoms with Gasteiger partial charge in [-0.3, -0.25) is 0 Å². The molecule has 0 spiro atoms. The largest absolute Gasteiger partial charge is 0.509 e. The molecule has 12 heteroatoms. The van der Waals surface area contributed by atoms with E-state index in [0.29, 0.717) is 0 Å². The fraction of sp³-hybridized carbons (Fsp3) is 0.714. The molecule has 0 aromatic rings. The van der Waals surface area contributed by atoms with Gasteiger partial charge in [0.2, 0.25) is 0 Å². The van der Waals surface area contributed by atoms with Crippen LogP contribution in [0, 0.1) is 0 Å². The van der Waals surface area contributed by atoms with Gasteiger partial charge in [-0.1, -0.05) is 0 Å². The van der Waals surface area contributed by atoms with E-state index in [2.05, 4.69) is 0 Å². The van der Waals surface area contributed by atoms with Crippen molar-refractivity contribution in [3.63, 3.8) is 0 Å². The van der Waals surface area contributed by atoms with Crippen LogP contribution in [0.1, 0.15) is 13.8 Å². The van der Waals surface area contributed by atoms with Crippen LogP contribution in [0.4, 0.5) is 19.2 Å². The van der Waals surface area contributed by atoms with Crippen LogP contribution in [-0.4, -0.2) is 73.5 Å². The van der Waals surface area contributed by atoms with Gasteiger partial charge in [0.15, 0.2) is 36.6 Å². The highest BCUT2D eigenvalue weighted by Crippen LogP contribution is 2.36. The van der Waals surface area contributed by atoms with E-state index in [1.807, 2.05) is 0 Å². The highest BCUT2D eigenvalue weighted by molar-refractivity contribution is 5.67. The summed E-state index contributed by atoms with van der Waals surface area (Å²) < 4.78 is 40.1. The summed E-state index contributed by atoms with van der Waals surface area (Å²) in [6.45, 7) is 3.09. The first-order chi connectivity index (χ1) is 12.3. The van der Waals surface area contributed by atoms with Crippen LogP contribution in [0.2, 0.25) is 0 Å². The molecule has 4 fully saturated rings. The van der Waals surface area contributed by atoms with Crippen molar-refractivity contribution in [2.75, 3.05) is 0 Å². The first kappa shape index (κ1) is 16.5. The summed E-state index contributed by atoms with van der Waals surface area (Å²) in [5, 5.41) is 0. The maximum Gasteiger partial charge on any atom is 0.509 e. The Kier molecular flexibility index (Phi) is 3.70. The third-order valence-corrected chi connectivity index (χ3v) is 4.50. The number of rotatable bonds is 3. The molecule has 4 heterocycles. The molecule has 4 rings (SSSR count). The van der Waals surface area contributed by atoms with E-state index in [4.69, 9.17) is 37.9 Å². The number of ether oxygens (including phenoxy) is 8. The van der Waals surface area contributed by atoms with E-state index in [9.17, 15) is 19.2 Å². The zero-order chi connectivity index (χ0) is 18.6. The van der Waals surface area contributed by atoms with Crippen LogP contribution in [0.3, 0.4) is 0 Å². The Hall–Kier alpha value is -2.92. The van der Waals surface area contributed by atoms with Crippen LogP contribution in [0.15, 0.2) is 0 Å². The first-order valence-electron chi connectivity index (χ1n) is 7.82. The van der Waals surface area contributed by atoms with E-state index in [1.54, 1.807) is 13.8 Å². The summed E-state index contributed by atoms with van der Waals surface area (Å²) in [5.74, 6) is 0. The summed E-state index contributed by atoms with van der Waals surface area (Å²) in [6.07, 6.45) is -11.9. The molecule has 4 saturated heterocycles. The molecule has 0 aromatic heterocycles. The summed E-state index contributed by atoms with van der Waals surface area (Å²) in [7, 11) is 0. The third kappa shape index (κ3) is 2.61. The maximum atomic E-state index is 11.7. The van der Waals surface area contributed by atoms with Crippen molar-refractivity contribution < 1.29 is 57.1 Å². The Morgan fingerprint density at radius 1 is 0.423 bits per heavy atom. The lowest BCUT2D eigenvalue weighted by Gasteiger charge is -2.27. The van der Waals surface area contributed by atoms with Crippen molar-refractivity contribution in [3.8, 4) is 0 Å². The average molecular weight is 374 g/mol. The van der Waals surface area contributed by atoms with Gasteiger partial charge in [-0.2, -0.15) is 0 Å². The minimum absolute atomic E-state index is 0.729. The van der Waals surface area contributed by atoms with Crippen molar-refractivity contribution in [2.24, 2.45) is 0 Å². The van der Waals surface area contributed by atoms with Gasteiger partial charge < -0.3 is 37.9 Å². The van der Waals surface area contributed by atoms with Crippen molar-refractivity contribution >= 4 is 24.6 Å². The van der Waals surface area contributed by atoms with Gasteiger partial charge in [0.05, 0.1) is 0 Å². The second kappa shape index (κ2) is 5.81. The van der Waals surface area contributed by atoms with Crippen LogP contribution < -0.4 is 0 Å². The van der Waals surface area contributed by atoms with Gasteiger partial charge in [0.25, 0.3) is 0 Å². The van der Waals surface area contributed by atoms with Crippen molar-refractivity contribution in [3.05, 3.63) is 0 Å². The molecule has 0 aliphatic carbocycles. The van der Waals surface area contributed by atoms with Gasteiger partial charge in [0.1, 0.15) is 12.2 Å². The molecule has 142 valence electrons. The molecule has 0 amide bonds. The number of hydrogen-bond acceptors (Lipinski definition) is 12. The number of carbonyl (C=O) groups is 4. The molecular formula is C14H14O12. The highest BCUT2D eigenvalue weighted by atomic mass is 16.8. The Balaban J connectivity index is 1.59. The van der Waals surface area contributed by atoms with E-state index in [1.165, 1.54) is 0 Å². The number of cyclic esters (lactones) is 8. The first-order valence-corrected chi connectivity index (χ1v) is 7.82. The molecule has 0 bridgehead atoms. The fourth-order valence-electron chi connectivity index (χ4n) is 3.36. The van der Waals surface area contributed by atoms with Crippen LogP contribution in [-0.2, 0) is 37.9 Å². The Morgan fingerprint density at radius 3 is 0.923 bits per heavy atom. The normalized spacial score (nSPS) is 44.2. The lowest BCUT2D eigenvalue weighted by molar-refractivity contribution is -0.0595. The highest BCUT2D eigenvalue weighted by Gasteiger charge is 2.61. The number of hydrogen-bond donors (Lipinski definition) is 0. The molecule has 0 aromatic carbocycles. The van der Waals surface area contributed by atoms with Crippen molar-refractivity contribution in [2.45, 2.75) is 62.7 Å².